The third kappa shape index (κ3) is 5.33. The van der Waals surface area contributed by atoms with E-state index in [4.69, 9.17) is 0 Å². The fraction of sp³-hybridized carbons (Fsp3) is 0.250. The quantitative estimate of drug-likeness (QED) is 0.480. The second-order valence-electron chi connectivity index (χ2n) is 7.97. The Morgan fingerprint density at radius 1 is 0.697 bits per heavy atom. The van der Waals surface area contributed by atoms with Gasteiger partial charge in [0.15, 0.2) is 0 Å². The first-order chi connectivity index (χ1) is 15.8. The molecule has 1 aliphatic heterocycles. The highest BCUT2D eigenvalue weighted by molar-refractivity contribution is 7.89. The van der Waals surface area contributed by atoms with E-state index in [9.17, 15) is 21.2 Å². The van der Waals surface area contributed by atoms with Crippen molar-refractivity contribution < 1.29 is 21.2 Å². The van der Waals surface area contributed by atoms with Gasteiger partial charge in [0.05, 0.1) is 9.79 Å². The molecule has 0 N–H and O–H groups in total. The van der Waals surface area contributed by atoms with E-state index < -0.39 is 25.9 Å². The molecule has 1 heterocycles. The minimum Gasteiger partial charge on any atom is -0.207 e. The minimum atomic E-state index is -3.96. The number of hydrogen-bond acceptors (Lipinski definition) is 4. The van der Waals surface area contributed by atoms with E-state index in [1.54, 1.807) is 12.1 Å². The average Bonchev–Trinajstić information content (AvgIpc) is 3.37. The second-order valence-corrected chi connectivity index (χ2v) is 11.8. The van der Waals surface area contributed by atoms with E-state index in [2.05, 4.69) is 0 Å². The molecule has 0 amide bonds. The molecule has 0 unspecified atom stereocenters. The van der Waals surface area contributed by atoms with Gasteiger partial charge in [0.1, 0.15) is 5.82 Å². The maximum atomic E-state index is 13.5. The van der Waals surface area contributed by atoms with E-state index in [1.165, 1.54) is 45.0 Å². The average molecular weight is 489 g/mol. The topological polar surface area (TPSA) is 74.8 Å². The summed E-state index contributed by atoms with van der Waals surface area (Å²) in [4.78, 5) is 0.0809. The molecule has 6 nitrogen and oxygen atoms in total. The second kappa shape index (κ2) is 9.72. The van der Waals surface area contributed by atoms with Gasteiger partial charge >= 0.3 is 0 Å². The summed E-state index contributed by atoms with van der Waals surface area (Å²) in [6.45, 7) is 1.12. The molecule has 0 radical (unpaired) electrons. The lowest BCUT2D eigenvalue weighted by molar-refractivity contribution is 0.401. The van der Waals surface area contributed by atoms with Crippen molar-refractivity contribution in [1.82, 2.24) is 8.61 Å². The largest absolute Gasteiger partial charge is 0.243 e. The van der Waals surface area contributed by atoms with Crippen molar-refractivity contribution in [2.75, 3.05) is 13.1 Å². The van der Waals surface area contributed by atoms with Crippen LogP contribution in [0, 0.1) is 5.82 Å². The molecule has 9 heteroatoms. The zero-order valence-corrected chi connectivity index (χ0v) is 19.6. The molecule has 1 aliphatic rings. The molecule has 0 atom stereocenters. The number of nitrogens with zero attached hydrogens (tertiary/aromatic N) is 2. The van der Waals surface area contributed by atoms with Crippen LogP contribution in [0.5, 0.6) is 0 Å². The van der Waals surface area contributed by atoms with Crippen LogP contribution in [0.2, 0.25) is 0 Å². The molecule has 33 heavy (non-hydrogen) atoms. The van der Waals surface area contributed by atoms with Gasteiger partial charge in [0.25, 0.3) is 0 Å². The summed E-state index contributed by atoms with van der Waals surface area (Å²) >= 11 is 0. The Labute approximate surface area is 194 Å². The molecule has 4 rings (SSSR count). The summed E-state index contributed by atoms with van der Waals surface area (Å²) < 4.78 is 68.6. The van der Waals surface area contributed by atoms with Gasteiger partial charge in [-0.05, 0) is 60.4 Å². The van der Waals surface area contributed by atoms with Crippen LogP contribution in [0.4, 0.5) is 4.39 Å². The van der Waals surface area contributed by atoms with E-state index in [-0.39, 0.29) is 22.9 Å². The number of halogens is 1. The Bertz CT molecular complexity index is 1290. The van der Waals surface area contributed by atoms with Crippen molar-refractivity contribution in [3.8, 4) is 0 Å². The molecule has 0 bridgehead atoms. The fourth-order valence-electron chi connectivity index (χ4n) is 3.82. The zero-order chi connectivity index (χ0) is 23.5. The Morgan fingerprint density at radius 3 is 1.79 bits per heavy atom. The van der Waals surface area contributed by atoms with E-state index in [1.807, 2.05) is 30.3 Å². The molecular weight excluding hydrogens is 463 g/mol. The van der Waals surface area contributed by atoms with Crippen molar-refractivity contribution in [2.45, 2.75) is 35.7 Å². The Morgan fingerprint density at radius 2 is 1.21 bits per heavy atom. The van der Waals surface area contributed by atoms with Crippen LogP contribution in [0.15, 0.2) is 88.7 Å². The lowest BCUT2D eigenvalue weighted by atomic mass is 10.2. The van der Waals surface area contributed by atoms with E-state index in [0.29, 0.717) is 18.7 Å². The number of sulfonamides is 2. The highest BCUT2D eigenvalue weighted by atomic mass is 32.2. The van der Waals surface area contributed by atoms with Gasteiger partial charge in [-0.1, -0.05) is 42.5 Å². The van der Waals surface area contributed by atoms with Crippen molar-refractivity contribution in [2.24, 2.45) is 0 Å². The molecule has 0 spiro atoms. The summed E-state index contributed by atoms with van der Waals surface area (Å²) in [7, 11) is -7.59. The maximum absolute atomic E-state index is 13.5. The molecule has 1 saturated heterocycles. The maximum Gasteiger partial charge on any atom is 0.243 e. The molecule has 3 aromatic rings. The molecular formula is C24H25FN2O4S2. The first-order valence-electron chi connectivity index (χ1n) is 10.7. The Kier molecular flexibility index (Phi) is 6.94. The molecule has 0 aliphatic carbocycles. The zero-order valence-electron chi connectivity index (χ0n) is 18.0. The van der Waals surface area contributed by atoms with Crippen molar-refractivity contribution in [1.29, 1.82) is 0 Å². The Hall–Kier alpha value is -2.59. The molecule has 0 aromatic heterocycles. The van der Waals surface area contributed by atoms with Crippen molar-refractivity contribution >= 4 is 20.0 Å². The normalized spacial score (nSPS) is 15.2. The summed E-state index contributed by atoms with van der Waals surface area (Å²) in [5.74, 6) is -0.397. The number of hydrogen-bond donors (Lipinski definition) is 0. The van der Waals surface area contributed by atoms with Gasteiger partial charge in [-0.25, -0.2) is 21.2 Å². The van der Waals surface area contributed by atoms with Gasteiger partial charge in [-0.15, -0.1) is 0 Å². The highest BCUT2D eigenvalue weighted by Gasteiger charge is 2.29. The van der Waals surface area contributed by atoms with Crippen molar-refractivity contribution in [3.05, 3.63) is 95.8 Å². The SMILES string of the molecule is O=S(=O)(c1ccc(S(=O)(=O)N(Cc2ccccc2)Cc2ccc(F)cc2)cc1)N1CCCC1. The van der Waals surface area contributed by atoms with Crippen molar-refractivity contribution in [3.63, 3.8) is 0 Å². The minimum absolute atomic E-state index is 0.000847. The molecule has 3 aromatic carbocycles. The predicted octanol–water partition coefficient (Wildman–Crippen LogP) is 4.00. The summed E-state index contributed by atoms with van der Waals surface area (Å²) in [5, 5.41) is 0. The first-order valence-corrected chi connectivity index (χ1v) is 13.5. The third-order valence-corrected chi connectivity index (χ3v) is 9.36. The van der Waals surface area contributed by atoms with Gasteiger partial charge in [0, 0.05) is 26.2 Å². The summed E-state index contributed by atoms with van der Waals surface area (Å²) in [6, 6.07) is 20.2. The van der Waals surface area contributed by atoms with Crippen LogP contribution in [0.3, 0.4) is 0 Å². The number of rotatable bonds is 8. The summed E-state index contributed by atoms with van der Waals surface area (Å²) in [5.41, 5.74) is 1.44. The fourth-order valence-corrected chi connectivity index (χ4v) is 6.75. The van der Waals surface area contributed by atoms with Gasteiger partial charge in [-0.2, -0.15) is 8.61 Å². The van der Waals surface area contributed by atoms with E-state index in [0.717, 1.165) is 18.4 Å². The number of benzene rings is 3. The van der Waals surface area contributed by atoms with Crippen LogP contribution < -0.4 is 0 Å². The lowest BCUT2D eigenvalue weighted by Crippen LogP contribution is -2.30. The molecule has 1 fully saturated rings. The molecule has 0 saturated carbocycles. The van der Waals surface area contributed by atoms with Gasteiger partial charge < -0.3 is 0 Å². The lowest BCUT2D eigenvalue weighted by Gasteiger charge is -2.23. The van der Waals surface area contributed by atoms with Gasteiger partial charge in [0.2, 0.25) is 20.0 Å². The smallest absolute Gasteiger partial charge is 0.207 e. The van der Waals surface area contributed by atoms with Crippen LogP contribution in [-0.4, -0.2) is 38.5 Å². The van der Waals surface area contributed by atoms with Gasteiger partial charge in [-0.3, -0.25) is 0 Å². The standard InChI is InChI=1S/C24H25FN2O4S2/c25-22-10-8-21(9-11-22)19-27(18-20-6-2-1-3-7-20)33(30,31)24-14-12-23(13-15-24)32(28,29)26-16-4-5-17-26/h1-3,6-15H,4-5,16-19H2. The highest BCUT2D eigenvalue weighted by Crippen LogP contribution is 2.25. The predicted molar refractivity (Wildman–Crippen MR) is 124 cm³/mol. The first kappa shape index (κ1) is 23.6. The van der Waals surface area contributed by atoms with Crippen LogP contribution >= 0.6 is 0 Å². The monoisotopic (exact) mass is 488 g/mol. The molecule has 174 valence electrons. The van der Waals surface area contributed by atoms with Crippen LogP contribution in [-0.2, 0) is 33.1 Å². The van der Waals surface area contributed by atoms with Crippen LogP contribution in [0.1, 0.15) is 24.0 Å². The van der Waals surface area contributed by atoms with Crippen LogP contribution in [0.25, 0.3) is 0 Å². The Balaban J connectivity index is 1.64. The third-order valence-electron chi connectivity index (χ3n) is 5.64. The van der Waals surface area contributed by atoms with E-state index >= 15 is 0 Å². The summed E-state index contributed by atoms with van der Waals surface area (Å²) in [6.07, 6.45) is 1.65.